The first kappa shape index (κ1) is 72.6. The normalized spacial score (nSPS) is 11.9. The fourth-order valence-electron chi connectivity index (χ4n) is 11.9. The minimum atomic E-state index is -0.959. The molecule has 514 valence electrons. The Morgan fingerprint density at radius 2 is 0.804 bits per heavy atom. The summed E-state index contributed by atoms with van der Waals surface area (Å²) in [5.74, 6) is 0.806. The molecule has 24 nitrogen and oxygen atoms in total. The van der Waals surface area contributed by atoms with E-state index in [0.717, 1.165) is 126 Å². The van der Waals surface area contributed by atoms with Gasteiger partial charge in [0.25, 0.3) is 0 Å². The second kappa shape index (κ2) is 33.9. The maximum absolute atomic E-state index is 12.5. The molecule has 6 aromatic heterocycles. The molecule has 0 radical (unpaired) electrons. The molecule has 0 aliphatic heterocycles. The van der Waals surface area contributed by atoms with E-state index in [9.17, 15) is 33.9 Å². The molecule has 0 saturated heterocycles. The average Bonchev–Trinajstić information content (AvgIpc) is 1.66. The van der Waals surface area contributed by atoms with Crippen molar-refractivity contribution in [2.75, 3.05) is 38.5 Å². The summed E-state index contributed by atoms with van der Waals surface area (Å²) < 4.78 is 31.9. The quantitative estimate of drug-likeness (QED) is 0.0201. The Morgan fingerprint density at radius 1 is 0.454 bits per heavy atom. The van der Waals surface area contributed by atoms with Crippen LogP contribution in [-0.2, 0) is 72.2 Å². The molecule has 0 bridgehead atoms. The van der Waals surface area contributed by atoms with Crippen LogP contribution >= 0.6 is 0 Å². The molecule has 0 fully saturated rings. The number of ether oxygens (including phenoxy) is 5. The van der Waals surface area contributed by atoms with Gasteiger partial charge >= 0.3 is 35.8 Å². The summed E-state index contributed by atoms with van der Waals surface area (Å²) in [4.78, 5) is 98.8. The summed E-state index contributed by atoms with van der Waals surface area (Å²) in [6.07, 6.45) is 14.9. The number of hydrogen-bond donors (Lipinski definition) is 4. The summed E-state index contributed by atoms with van der Waals surface area (Å²) in [6, 6.07) is 22.5. The highest BCUT2D eigenvalue weighted by molar-refractivity contribution is 6.11. The number of nitrogen functional groups attached to an aromatic ring is 3. The predicted molar refractivity (Wildman–Crippen MR) is 375 cm³/mol. The van der Waals surface area contributed by atoms with E-state index in [1.54, 1.807) is 60.7 Å². The number of anilines is 3. The lowest BCUT2D eigenvalue weighted by Gasteiger charge is -2.17. The van der Waals surface area contributed by atoms with Gasteiger partial charge < -0.3 is 59.7 Å². The number of carbonyl (C=O) groups is 6. The Balaban J connectivity index is 0.000000187. The number of methoxy groups -OCH3 is 3. The number of aromatic nitrogens is 9. The van der Waals surface area contributed by atoms with Gasteiger partial charge in [0.1, 0.15) is 46.2 Å². The first-order valence-corrected chi connectivity index (χ1v) is 33.4. The van der Waals surface area contributed by atoms with E-state index < -0.39 is 23.9 Å². The number of hydrogen-bond acceptors (Lipinski definition) is 20. The topological polar surface area (TPSA) is 339 Å². The third-order valence-electron chi connectivity index (χ3n) is 16.7. The van der Waals surface area contributed by atoms with Crippen molar-refractivity contribution < 1.29 is 57.6 Å². The number of aryl methyl sites for hydroxylation is 3. The van der Waals surface area contributed by atoms with Crippen molar-refractivity contribution in [3.8, 4) is 0 Å². The van der Waals surface area contributed by atoms with Crippen LogP contribution in [-0.4, -0.2) is 118 Å². The van der Waals surface area contributed by atoms with Crippen LogP contribution in [0.5, 0.6) is 0 Å². The molecule has 0 aliphatic carbocycles. The van der Waals surface area contributed by atoms with Gasteiger partial charge in [-0.25, -0.2) is 49.1 Å². The fraction of sp³-hybridized carbons (Fsp3) is 0.425. The highest BCUT2D eigenvalue weighted by atomic mass is 16.6. The number of rotatable bonds is 28. The maximum Gasteiger partial charge on any atom is 0.337 e. The molecule has 24 heteroatoms. The standard InChI is InChI=1S/C28H40N4O4.C24H24N4O4.C21H26N4O4/c1-5-7-9-10-11-12-14-24(33)36-19(3)18-32-23(13-8-6-2)31-25-26(32)21-16-15-20(28(34)35-4)17-22(21)30-27(25)29;1-3-4-5-19-27-20-21(28(19)13-14-6-8-15(9-7-14)23(29)30)17-11-10-16(24(31)32-2)12-18(17)26-22(20)25;1-5-6-7-17-24-18-19(25(17)11-12(2)29-13(3)26)15-9-8-14(21(27)28-4)10-16(15)23-20(18)22/h15-17,19H,5-14,18H2,1-4H3,(H2,29,30);6-12H,3-5,13H2,1-2H3,(H2,25,26)(H,29,30);8-10,12H,5-7,11H2,1-4H3,(H2,22,23). The molecule has 2 atom stereocenters. The van der Waals surface area contributed by atoms with E-state index in [4.69, 9.17) is 55.8 Å². The van der Waals surface area contributed by atoms with Gasteiger partial charge in [-0.3, -0.25) is 9.59 Å². The van der Waals surface area contributed by atoms with Crippen molar-refractivity contribution in [2.45, 2.75) is 183 Å². The van der Waals surface area contributed by atoms with Crippen LogP contribution in [0, 0.1) is 0 Å². The van der Waals surface area contributed by atoms with E-state index >= 15 is 0 Å². The molecule has 6 heterocycles. The second-order valence-electron chi connectivity index (χ2n) is 24.2. The summed E-state index contributed by atoms with van der Waals surface area (Å²) in [5.41, 5.74) is 27.3. The van der Waals surface area contributed by atoms with Crippen molar-refractivity contribution >= 4 is 119 Å². The number of aromatic carboxylic acids is 1. The average molecular weight is 1330 g/mol. The second-order valence-corrected chi connectivity index (χ2v) is 24.2. The number of pyridine rings is 3. The molecule has 0 aliphatic rings. The predicted octanol–water partition coefficient (Wildman–Crippen LogP) is 13.3. The molecule has 7 N–H and O–H groups in total. The summed E-state index contributed by atoms with van der Waals surface area (Å²) in [7, 11) is 4.02. The fourth-order valence-corrected chi connectivity index (χ4v) is 11.9. The number of benzene rings is 4. The highest BCUT2D eigenvalue weighted by Gasteiger charge is 2.25. The van der Waals surface area contributed by atoms with E-state index in [1.165, 1.54) is 53.9 Å². The first-order valence-electron chi connectivity index (χ1n) is 33.4. The highest BCUT2D eigenvalue weighted by Crippen LogP contribution is 2.35. The van der Waals surface area contributed by atoms with E-state index in [0.29, 0.717) is 93.3 Å². The zero-order chi connectivity index (χ0) is 70.0. The lowest BCUT2D eigenvalue weighted by atomic mass is 10.1. The lowest BCUT2D eigenvalue weighted by molar-refractivity contribution is -0.149. The van der Waals surface area contributed by atoms with Crippen LogP contribution in [0.3, 0.4) is 0 Å². The number of nitrogens with zero attached hydrogens (tertiary/aromatic N) is 9. The summed E-state index contributed by atoms with van der Waals surface area (Å²) in [5, 5.41) is 11.7. The van der Waals surface area contributed by atoms with Gasteiger partial charge in [0.05, 0.1) is 89.8 Å². The SMILES string of the molecule is CCCCCCCCC(=O)OC(C)Cn1c(CCCC)nc2c(N)nc3cc(C(=O)OC)ccc3c21.CCCCc1nc2c(N)nc3cc(C(=O)OC)ccc3c2n1CC(C)OC(C)=O.CCCCc1nc2c(N)nc3cc(C(=O)OC)ccc3c2n1Cc1ccc(C(=O)O)cc1. The Labute approximate surface area is 563 Å². The van der Waals surface area contributed by atoms with Crippen molar-refractivity contribution in [3.05, 3.63) is 124 Å². The number of carboxylic acid groups (broad SMARTS) is 1. The lowest BCUT2D eigenvalue weighted by Crippen LogP contribution is -2.22. The van der Waals surface area contributed by atoms with E-state index in [2.05, 4.69) is 56.3 Å². The molecule has 0 amide bonds. The molecule has 2 unspecified atom stereocenters. The number of fused-ring (bicyclic) bond motifs is 9. The van der Waals surface area contributed by atoms with Gasteiger partial charge in [-0.1, -0.05) is 91.2 Å². The van der Waals surface area contributed by atoms with Crippen LogP contribution < -0.4 is 17.2 Å². The molecular weight excluding hydrogens is 1240 g/mol. The number of nitrogens with two attached hydrogens (primary N) is 3. The molecule has 0 saturated carbocycles. The zero-order valence-corrected chi connectivity index (χ0v) is 57.3. The van der Waals surface area contributed by atoms with Crippen LogP contribution in [0.2, 0.25) is 0 Å². The van der Waals surface area contributed by atoms with E-state index in [1.807, 2.05) is 32.0 Å². The number of imidazole rings is 3. The Bertz CT molecular complexity index is 4480. The van der Waals surface area contributed by atoms with Gasteiger partial charge in [-0.15, -0.1) is 0 Å². The van der Waals surface area contributed by atoms with Crippen LogP contribution in [0.4, 0.5) is 17.5 Å². The number of carbonyl (C=O) groups excluding carboxylic acids is 5. The van der Waals surface area contributed by atoms with Gasteiger partial charge in [0.2, 0.25) is 0 Å². The number of carboxylic acids is 1. The van der Waals surface area contributed by atoms with Gasteiger partial charge in [-0.05, 0) is 112 Å². The largest absolute Gasteiger partial charge is 0.478 e. The summed E-state index contributed by atoms with van der Waals surface area (Å²) >= 11 is 0. The van der Waals surface area contributed by atoms with Crippen molar-refractivity contribution in [3.63, 3.8) is 0 Å². The molecule has 0 spiro atoms. The number of esters is 5. The zero-order valence-electron chi connectivity index (χ0n) is 57.3. The van der Waals surface area contributed by atoms with Crippen LogP contribution in [0.1, 0.15) is 196 Å². The third-order valence-corrected chi connectivity index (χ3v) is 16.7. The summed E-state index contributed by atoms with van der Waals surface area (Å²) in [6.45, 7) is 15.2. The monoisotopic (exact) mass is 1330 g/mol. The van der Waals surface area contributed by atoms with Crippen LogP contribution in [0.25, 0.3) is 65.8 Å². The van der Waals surface area contributed by atoms with Crippen LogP contribution in [0.15, 0.2) is 78.9 Å². The molecule has 10 rings (SSSR count). The minimum Gasteiger partial charge on any atom is -0.478 e. The van der Waals surface area contributed by atoms with Gasteiger partial charge in [0.15, 0.2) is 17.5 Å². The smallest absolute Gasteiger partial charge is 0.337 e. The molecular formula is C73H90N12O12. The Hall–Kier alpha value is -10.3. The molecule has 97 heavy (non-hydrogen) atoms. The maximum atomic E-state index is 12.5. The van der Waals surface area contributed by atoms with Gasteiger partial charge in [-0.2, -0.15) is 0 Å². The Morgan fingerprint density at radius 3 is 1.18 bits per heavy atom. The van der Waals surface area contributed by atoms with Crippen molar-refractivity contribution in [1.29, 1.82) is 0 Å². The van der Waals surface area contributed by atoms with Crippen molar-refractivity contribution in [1.82, 2.24) is 43.6 Å². The number of unbranched alkanes of at least 4 members (excludes halogenated alkanes) is 8. The molecule has 10 aromatic rings. The molecule has 4 aromatic carbocycles. The Kier molecular flexibility index (Phi) is 25.4. The minimum absolute atomic E-state index is 0.161. The van der Waals surface area contributed by atoms with Gasteiger partial charge in [0, 0.05) is 55.3 Å². The van der Waals surface area contributed by atoms with Crippen molar-refractivity contribution in [2.24, 2.45) is 0 Å². The first-order chi connectivity index (χ1) is 46.7. The van der Waals surface area contributed by atoms with E-state index in [-0.39, 0.29) is 29.7 Å². The third kappa shape index (κ3) is 17.6.